The molecule has 36 heavy (non-hydrogen) atoms. The lowest BCUT2D eigenvalue weighted by Crippen LogP contribution is -2.01. The molecule has 176 valence electrons. The predicted molar refractivity (Wildman–Crippen MR) is 150 cm³/mol. The maximum absolute atomic E-state index is 12.1. The van der Waals surface area contributed by atoms with Crippen LogP contribution in [-0.4, -0.2) is 19.2 Å². The summed E-state index contributed by atoms with van der Waals surface area (Å²) in [6, 6.07) is 36.4. The SMILES string of the molecule is CSc1ccc(-c2c3ccccc3c(-c3ccc4ccccc4c3)c3ccccc23)cc1S(=O)(=O)[O-]. The molecular formula is C31H21O3S2-. The van der Waals surface area contributed by atoms with E-state index in [2.05, 4.69) is 54.6 Å². The molecule has 0 spiro atoms. The van der Waals surface area contributed by atoms with Crippen LogP contribution in [0.15, 0.2) is 119 Å². The molecule has 0 atom stereocenters. The maximum Gasteiger partial charge on any atom is 0.125 e. The number of benzene rings is 6. The van der Waals surface area contributed by atoms with Gasteiger partial charge in [-0.1, -0.05) is 91.0 Å². The van der Waals surface area contributed by atoms with Crippen LogP contribution < -0.4 is 0 Å². The standard InChI is InChI=1S/C31H22O3S2/c1-35-28-17-16-23(19-29(28)36(32,33)34)31-26-12-6-4-10-24(26)30(25-11-5-7-13-27(25)31)22-15-14-20-8-2-3-9-21(20)18-22/h2-19H,1H3,(H,32,33,34)/p-1. The summed E-state index contributed by atoms with van der Waals surface area (Å²) in [6.07, 6.45) is 1.77. The molecule has 0 fully saturated rings. The van der Waals surface area contributed by atoms with Gasteiger partial charge in [-0.05, 0) is 79.0 Å². The third-order valence-electron chi connectivity index (χ3n) is 6.69. The molecule has 0 N–H and O–H groups in total. The van der Waals surface area contributed by atoms with Crippen LogP contribution in [-0.2, 0) is 10.1 Å². The Kier molecular flexibility index (Phi) is 5.56. The van der Waals surface area contributed by atoms with E-state index in [0.29, 0.717) is 10.5 Å². The first-order valence-electron chi connectivity index (χ1n) is 11.5. The lowest BCUT2D eigenvalue weighted by atomic mass is 9.85. The first kappa shape index (κ1) is 22.8. The molecule has 6 rings (SSSR count). The van der Waals surface area contributed by atoms with E-state index in [1.807, 2.05) is 42.5 Å². The van der Waals surface area contributed by atoms with Crippen LogP contribution in [0.1, 0.15) is 0 Å². The molecule has 0 unspecified atom stereocenters. The summed E-state index contributed by atoms with van der Waals surface area (Å²) in [6.45, 7) is 0. The second-order valence-corrected chi connectivity index (χ2v) is 10.9. The van der Waals surface area contributed by atoms with Gasteiger partial charge < -0.3 is 4.55 Å². The van der Waals surface area contributed by atoms with Crippen LogP contribution in [0, 0.1) is 0 Å². The third kappa shape index (κ3) is 3.77. The molecule has 3 nitrogen and oxygen atoms in total. The number of hydrogen-bond donors (Lipinski definition) is 0. The van der Waals surface area contributed by atoms with E-state index in [-0.39, 0.29) is 4.90 Å². The summed E-state index contributed by atoms with van der Waals surface area (Å²) in [5.74, 6) is 0. The Morgan fingerprint density at radius 3 is 1.58 bits per heavy atom. The molecule has 0 radical (unpaired) electrons. The Morgan fingerprint density at radius 1 is 0.583 bits per heavy atom. The van der Waals surface area contributed by atoms with Crippen molar-refractivity contribution in [2.75, 3.05) is 6.26 Å². The summed E-state index contributed by atoms with van der Waals surface area (Å²) < 4.78 is 36.3. The van der Waals surface area contributed by atoms with Crippen molar-refractivity contribution < 1.29 is 13.0 Å². The number of rotatable bonds is 4. The smallest absolute Gasteiger partial charge is 0.125 e. The number of fused-ring (bicyclic) bond motifs is 3. The Balaban J connectivity index is 1.74. The molecule has 5 heteroatoms. The van der Waals surface area contributed by atoms with Gasteiger partial charge in [-0.25, -0.2) is 8.42 Å². The van der Waals surface area contributed by atoms with Gasteiger partial charge in [-0.15, -0.1) is 11.8 Å². The van der Waals surface area contributed by atoms with E-state index >= 15 is 0 Å². The zero-order valence-electron chi connectivity index (χ0n) is 19.4. The van der Waals surface area contributed by atoms with Crippen molar-refractivity contribution in [1.82, 2.24) is 0 Å². The molecule has 0 saturated heterocycles. The third-order valence-corrected chi connectivity index (χ3v) is 8.49. The van der Waals surface area contributed by atoms with E-state index in [0.717, 1.165) is 38.2 Å². The van der Waals surface area contributed by atoms with Crippen LogP contribution in [0.5, 0.6) is 0 Å². The fourth-order valence-corrected chi connectivity index (χ4v) is 6.73. The van der Waals surface area contributed by atoms with Gasteiger partial charge in [0.2, 0.25) is 0 Å². The Bertz CT molecular complexity index is 1850. The fourth-order valence-electron chi connectivity index (χ4n) is 5.12. The molecule has 0 aliphatic carbocycles. The molecule has 0 aliphatic rings. The van der Waals surface area contributed by atoms with Gasteiger partial charge in [0.15, 0.2) is 0 Å². The van der Waals surface area contributed by atoms with Gasteiger partial charge >= 0.3 is 0 Å². The molecule has 0 amide bonds. The monoisotopic (exact) mass is 505 g/mol. The minimum absolute atomic E-state index is 0.181. The van der Waals surface area contributed by atoms with E-state index in [9.17, 15) is 13.0 Å². The summed E-state index contributed by atoms with van der Waals surface area (Å²) in [5.41, 5.74) is 3.88. The van der Waals surface area contributed by atoms with Crippen molar-refractivity contribution in [1.29, 1.82) is 0 Å². The van der Waals surface area contributed by atoms with E-state index in [4.69, 9.17) is 0 Å². The van der Waals surface area contributed by atoms with Crippen LogP contribution in [0.3, 0.4) is 0 Å². The highest BCUT2D eigenvalue weighted by Crippen LogP contribution is 2.44. The van der Waals surface area contributed by atoms with E-state index in [1.165, 1.54) is 28.6 Å². The first-order chi connectivity index (χ1) is 17.5. The van der Waals surface area contributed by atoms with Gasteiger partial charge in [0.25, 0.3) is 0 Å². The van der Waals surface area contributed by atoms with Crippen molar-refractivity contribution in [2.45, 2.75) is 9.79 Å². The topological polar surface area (TPSA) is 57.2 Å². The minimum atomic E-state index is -4.63. The minimum Gasteiger partial charge on any atom is -0.744 e. The predicted octanol–water partition coefficient (Wildman–Crippen LogP) is 8.11. The van der Waals surface area contributed by atoms with Gasteiger partial charge in [-0.3, -0.25) is 0 Å². The average Bonchev–Trinajstić information content (AvgIpc) is 2.90. The molecule has 6 aromatic carbocycles. The van der Waals surface area contributed by atoms with Crippen LogP contribution in [0.2, 0.25) is 0 Å². The van der Waals surface area contributed by atoms with E-state index in [1.54, 1.807) is 12.3 Å². The number of thioether (sulfide) groups is 1. The van der Waals surface area contributed by atoms with Crippen LogP contribution in [0.25, 0.3) is 54.6 Å². The molecule has 6 aromatic rings. The van der Waals surface area contributed by atoms with Crippen LogP contribution >= 0.6 is 11.8 Å². The Hall–Kier alpha value is -3.64. The lowest BCUT2D eigenvalue weighted by molar-refractivity contribution is 0.461. The molecule has 0 aromatic heterocycles. The molecule has 0 saturated carbocycles. The quantitative estimate of drug-likeness (QED) is 0.138. The largest absolute Gasteiger partial charge is 0.744 e. The highest BCUT2D eigenvalue weighted by atomic mass is 32.2. The van der Waals surface area contributed by atoms with Gasteiger partial charge in [-0.2, -0.15) is 0 Å². The maximum atomic E-state index is 12.1. The Labute approximate surface area is 214 Å². The Morgan fingerprint density at radius 2 is 1.06 bits per heavy atom. The van der Waals surface area contributed by atoms with Gasteiger partial charge in [0, 0.05) is 4.90 Å². The van der Waals surface area contributed by atoms with Crippen LogP contribution in [0.4, 0.5) is 0 Å². The van der Waals surface area contributed by atoms with Crippen molar-refractivity contribution in [3.8, 4) is 22.3 Å². The summed E-state index contributed by atoms with van der Waals surface area (Å²) >= 11 is 1.25. The normalized spacial score (nSPS) is 11.9. The summed E-state index contributed by atoms with van der Waals surface area (Å²) in [4.78, 5) is 0.273. The molecule has 0 aliphatic heterocycles. The second-order valence-electron chi connectivity index (χ2n) is 8.72. The fraction of sp³-hybridized carbons (Fsp3) is 0.0323. The number of hydrogen-bond acceptors (Lipinski definition) is 4. The van der Waals surface area contributed by atoms with Crippen molar-refractivity contribution >= 4 is 54.2 Å². The highest BCUT2D eigenvalue weighted by molar-refractivity contribution is 7.99. The molecular weight excluding hydrogens is 484 g/mol. The van der Waals surface area contributed by atoms with Crippen molar-refractivity contribution in [2.24, 2.45) is 0 Å². The lowest BCUT2D eigenvalue weighted by Gasteiger charge is -2.19. The highest BCUT2D eigenvalue weighted by Gasteiger charge is 2.18. The zero-order chi connectivity index (χ0) is 24.9. The van der Waals surface area contributed by atoms with Gasteiger partial charge in [0.05, 0.1) is 4.90 Å². The summed E-state index contributed by atoms with van der Waals surface area (Å²) in [5, 5.41) is 6.51. The first-order valence-corrected chi connectivity index (χ1v) is 14.2. The van der Waals surface area contributed by atoms with Crippen molar-refractivity contribution in [3.05, 3.63) is 109 Å². The second kappa shape index (κ2) is 8.79. The van der Waals surface area contributed by atoms with Crippen molar-refractivity contribution in [3.63, 3.8) is 0 Å². The van der Waals surface area contributed by atoms with E-state index < -0.39 is 10.1 Å². The molecule has 0 heterocycles. The molecule has 0 bridgehead atoms. The van der Waals surface area contributed by atoms with Gasteiger partial charge in [0.1, 0.15) is 10.1 Å². The average molecular weight is 506 g/mol. The zero-order valence-corrected chi connectivity index (χ0v) is 21.1. The summed E-state index contributed by atoms with van der Waals surface area (Å²) in [7, 11) is -4.63.